The molecule has 0 aliphatic heterocycles. The van der Waals surface area contributed by atoms with Gasteiger partial charge in [0, 0.05) is 0 Å². The number of nitrogens with two attached hydrogens (primary N) is 1. The summed E-state index contributed by atoms with van der Waals surface area (Å²) in [7, 11) is 0. The van der Waals surface area contributed by atoms with Crippen LogP contribution in [0.1, 0.15) is 17.5 Å². The second kappa shape index (κ2) is 6.10. The summed E-state index contributed by atoms with van der Waals surface area (Å²) in [6, 6.07) is 16.2. The molecule has 0 spiro atoms. The highest BCUT2D eigenvalue weighted by Crippen LogP contribution is 2.19. The zero-order chi connectivity index (χ0) is 12.8. The fourth-order valence-corrected chi connectivity index (χ4v) is 1.83. The van der Waals surface area contributed by atoms with Crippen LogP contribution in [0.15, 0.2) is 48.5 Å². The van der Waals surface area contributed by atoms with Gasteiger partial charge in [-0.25, -0.2) is 0 Å². The molecular weight excluding hydrogens is 222 g/mol. The molecule has 0 saturated carbocycles. The molecule has 0 saturated heterocycles. The number of rotatable bonds is 5. The minimum atomic E-state index is 0.697. The Balaban J connectivity index is 1.76. The summed E-state index contributed by atoms with van der Waals surface area (Å²) in [5.41, 5.74) is 9.16. The Bertz CT molecular complexity index is 491. The highest BCUT2D eigenvalue weighted by molar-refractivity contribution is 5.51. The third kappa shape index (κ3) is 3.52. The number of anilines is 1. The van der Waals surface area contributed by atoms with E-state index < -0.39 is 0 Å². The van der Waals surface area contributed by atoms with Gasteiger partial charge in [-0.3, -0.25) is 0 Å². The van der Waals surface area contributed by atoms with E-state index in [0.29, 0.717) is 12.3 Å². The normalized spacial score (nSPS) is 10.3. The molecule has 0 unspecified atom stereocenters. The molecule has 94 valence electrons. The zero-order valence-electron chi connectivity index (χ0n) is 10.7. The SMILES string of the molecule is Cc1ccc(CCCOc2ccccc2N)cc1. The van der Waals surface area contributed by atoms with Crippen LogP contribution in [0.3, 0.4) is 0 Å². The van der Waals surface area contributed by atoms with Crippen LogP contribution in [0, 0.1) is 6.92 Å². The van der Waals surface area contributed by atoms with Crippen molar-refractivity contribution in [3.63, 3.8) is 0 Å². The van der Waals surface area contributed by atoms with Gasteiger partial charge in [0.15, 0.2) is 0 Å². The maximum Gasteiger partial charge on any atom is 0.142 e. The van der Waals surface area contributed by atoms with Gasteiger partial charge < -0.3 is 10.5 Å². The van der Waals surface area contributed by atoms with Crippen LogP contribution in [-0.4, -0.2) is 6.61 Å². The molecular formula is C16H19NO. The van der Waals surface area contributed by atoms with Crippen LogP contribution >= 0.6 is 0 Å². The van der Waals surface area contributed by atoms with E-state index in [0.717, 1.165) is 18.6 Å². The van der Waals surface area contributed by atoms with E-state index >= 15 is 0 Å². The fourth-order valence-electron chi connectivity index (χ4n) is 1.83. The first-order valence-corrected chi connectivity index (χ1v) is 6.28. The predicted octanol–water partition coefficient (Wildman–Crippen LogP) is 3.59. The average Bonchev–Trinajstić information content (AvgIpc) is 2.39. The smallest absolute Gasteiger partial charge is 0.142 e. The van der Waals surface area contributed by atoms with E-state index in [1.807, 2.05) is 24.3 Å². The summed E-state index contributed by atoms with van der Waals surface area (Å²) < 4.78 is 5.66. The topological polar surface area (TPSA) is 35.2 Å². The monoisotopic (exact) mass is 241 g/mol. The van der Waals surface area contributed by atoms with Crippen LogP contribution in [0.5, 0.6) is 5.75 Å². The third-order valence-electron chi connectivity index (χ3n) is 2.91. The van der Waals surface area contributed by atoms with Gasteiger partial charge in [0.2, 0.25) is 0 Å². The third-order valence-corrected chi connectivity index (χ3v) is 2.91. The minimum absolute atomic E-state index is 0.697. The lowest BCUT2D eigenvalue weighted by molar-refractivity contribution is 0.312. The predicted molar refractivity (Wildman–Crippen MR) is 75.8 cm³/mol. The van der Waals surface area contributed by atoms with E-state index in [2.05, 4.69) is 31.2 Å². The molecule has 0 bridgehead atoms. The Morgan fingerprint density at radius 1 is 1.00 bits per heavy atom. The van der Waals surface area contributed by atoms with Gasteiger partial charge in [-0.15, -0.1) is 0 Å². The molecule has 2 N–H and O–H groups in total. The fraction of sp³-hybridized carbons (Fsp3) is 0.250. The lowest BCUT2D eigenvalue weighted by Crippen LogP contribution is -2.01. The molecule has 0 aliphatic rings. The zero-order valence-corrected chi connectivity index (χ0v) is 10.7. The van der Waals surface area contributed by atoms with Gasteiger partial charge in [-0.1, -0.05) is 42.0 Å². The number of para-hydroxylation sites is 2. The summed E-state index contributed by atoms with van der Waals surface area (Å²) >= 11 is 0. The van der Waals surface area contributed by atoms with E-state index in [1.165, 1.54) is 11.1 Å². The van der Waals surface area contributed by atoms with E-state index in [-0.39, 0.29) is 0 Å². The summed E-state index contributed by atoms with van der Waals surface area (Å²) in [6.45, 7) is 2.80. The number of benzene rings is 2. The Morgan fingerprint density at radius 2 is 1.72 bits per heavy atom. The molecule has 2 aromatic carbocycles. The van der Waals surface area contributed by atoms with Gasteiger partial charge in [0.1, 0.15) is 5.75 Å². The number of hydrogen-bond donors (Lipinski definition) is 1. The quantitative estimate of drug-likeness (QED) is 0.641. The molecule has 0 radical (unpaired) electrons. The van der Waals surface area contributed by atoms with Crippen LogP contribution in [0.4, 0.5) is 5.69 Å². The van der Waals surface area contributed by atoms with Gasteiger partial charge in [0.25, 0.3) is 0 Å². The summed E-state index contributed by atoms with van der Waals surface area (Å²) in [5, 5.41) is 0. The molecule has 18 heavy (non-hydrogen) atoms. The lowest BCUT2D eigenvalue weighted by atomic mass is 10.1. The van der Waals surface area contributed by atoms with Gasteiger partial charge in [-0.05, 0) is 37.5 Å². The van der Waals surface area contributed by atoms with E-state index in [4.69, 9.17) is 10.5 Å². The molecule has 2 rings (SSSR count). The van der Waals surface area contributed by atoms with Crippen molar-refractivity contribution >= 4 is 5.69 Å². The lowest BCUT2D eigenvalue weighted by Gasteiger charge is -2.08. The van der Waals surface area contributed by atoms with Crippen molar-refractivity contribution < 1.29 is 4.74 Å². The van der Waals surface area contributed by atoms with Crippen molar-refractivity contribution in [1.29, 1.82) is 0 Å². The highest BCUT2D eigenvalue weighted by atomic mass is 16.5. The van der Waals surface area contributed by atoms with Gasteiger partial charge in [0.05, 0.1) is 12.3 Å². The molecule has 0 aliphatic carbocycles. The van der Waals surface area contributed by atoms with Crippen molar-refractivity contribution in [2.75, 3.05) is 12.3 Å². The second-order valence-corrected chi connectivity index (χ2v) is 4.48. The first-order chi connectivity index (χ1) is 8.75. The Hall–Kier alpha value is -1.96. The summed E-state index contributed by atoms with van der Waals surface area (Å²) in [5.74, 6) is 0.779. The van der Waals surface area contributed by atoms with Crippen LogP contribution in [-0.2, 0) is 6.42 Å². The molecule has 0 amide bonds. The number of hydrogen-bond acceptors (Lipinski definition) is 2. The molecule has 2 heteroatoms. The van der Waals surface area contributed by atoms with Crippen LogP contribution in [0.2, 0.25) is 0 Å². The largest absolute Gasteiger partial charge is 0.491 e. The maximum absolute atomic E-state index is 5.81. The van der Waals surface area contributed by atoms with Crippen LogP contribution in [0.25, 0.3) is 0 Å². The first kappa shape index (κ1) is 12.5. The molecule has 0 atom stereocenters. The second-order valence-electron chi connectivity index (χ2n) is 4.48. The summed E-state index contributed by atoms with van der Waals surface area (Å²) in [6.07, 6.45) is 2.03. The highest BCUT2D eigenvalue weighted by Gasteiger charge is 1.98. The van der Waals surface area contributed by atoms with Crippen molar-refractivity contribution in [1.82, 2.24) is 0 Å². The number of nitrogen functional groups attached to an aromatic ring is 1. The number of aryl methyl sites for hydroxylation is 2. The Kier molecular flexibility index (Phi) is 4.24. The first-order valence-electron chi connectivity index (χ1n) is 6.28. The molecule has 2 aromatic rings. The van der Waals surface area contributed by atoms with Crippen molar-refractivity contribution in [2.24, 2.45) is 0 Å². The Labute approximate surface area is 108 Å². The molecule has 0 fully saturated rings. The minimum Gasteiger partial charge on any atom is -0.491 e. The standard InChI is InChI=1S/C16H19NO/c1-13-8-10-14(11-9-13)5-4-12-18-16-7-3-2-6-15(16)17/h2-3,6-11H,4-5,12,17H2,1H3. The van der Waals surface area contributed by atoms with Gasteiger partial charge >= 0.3 is 0 Å². The summed E-state index contributed by atoms with van der Waals surface area (Å²) in [4.78, 5) is 0. The maximum atomic E-state index is 5.81. The number of ether oxygens (including phenoxy) is 1. The Morgan fingerprint density at radius 3 is 2.44 bits per heavy atom. The van der Waals surface area contributed by atoms with Crippen LogP contribution < -0.4 is 10.5 Å². The van der Waals surface area contributed by atoms with Gasteiger partial charge in [-0.2, -0.15) is 0 Å². The molecule has 2 nitrogen and oxygen atoms in total. The van der Waals surface area contributed by atoms with Crippen molar-refractivity contribution in [3.05, 3.63) is 59.7 Å². The average molecular weight is 241 g/mol. The van der Waals surface area contributed by atoms with E-state index in [9.17, 15) is 0 Å². The van der Waals surface area contributed by atoms with Crippen molar-refractivity contribution in [3.8, 4) is 5.75 Å². The molecule has 0 heterocycles. The van der Waals surface area contributed by atoms with E-state index in [1.54, 1.807) is 0 Å². The van der Waals surface area contributed by atoms with Crippen molar-refractivity contribution in [2.45, 2.75) is 19.8 Å². The molecule has 0 aromatic heterocycles.